The van der Waals surface area contributed by atoms with Crippen LogP contribution in [0.25, 0.3) is 0 Å². The third-order valence-electron chi connectivity index (χ3n) is 4.56. The summed E-state index contributed by atoms with van der Waals surface area (Å²) in [7, 11) is 0. The first kappa shape index (κ1) is 14.1. The fourth-order valence-corrected chi connectivity index (χ4v) is 3.27. The Labute approximate surface area is 125 Å². The second kappa shape index (κ2) is 5.88. The molecule has 1 aromatic rings. The van der Waals surface area contributed by atoms with Crippen LogP contribution in [-0.2, 0) is 0 Å². The van der Waals surface area contributed by atoms with Gasteiger partial charge in [0.2, 0.25) is 5.91 Å². The average Bonchev–Trinajstić information content (AvgIpc) is 3.33. The Morgan fingerprint density at radius 2 is 1.38 bits per heavy atom. The normalized spacial score (nSPS) is 19.2. The van der Waals surface area contributed by atoms with Crippen molar-refractivity contribution in [3.8, 4) is 0 Å². The summed E-state index contributed by atoms with van der Waals surface area (Å²) in [6.07, 6.45) is 8.24. The van der Waals surface area contributed by atoms with Crippen molar-refractivity contribution in [3.63, 3.8) is 0 Å². The monoisotopic (exact) mass is 286 g/mol. The van der Waals surface area contributed by atoms with Crippen LogP contribution < -0.4 is 5.73 Å². The molecule has 0 heterocycles. The summed E-state index contributed by atoms with van der Waals surface area (Å²) in [5.74, 6) is -0.347. The lowest BCUT2D eigenvalue weighted by Gasteiger charge is -2.34. The third-order valence-corrected chi connectivity index (χ3v) is 4.56. The van der Waals surface area contributed by atoms with Crippen LogP contribution in [0.1, 0.15) is 65.7 Å². The highest BCUT2D eigenvalue weighted by Gasteiger charge is 2.37. The Bertz CT molecular complexity index is 528. The molecule has 112 valence electrons. The van der Waals surface area contributed by atoms with E-state index in [0.717, 1.165) is 25.7 Å². The van der Waals surface area contributed by atoms with E-state index in [1.54, 1.807) is 24.3 Å². The van der Waals surface area contributed by atoms with E-state index in [1.807, 2.05) is 0 Å². The first-order chi connectivity index (χ1) is 10.2. The molecule has 3 rings (SSSR count). The standard InChI is InChI=1S/C17H22N2O2/c18-16(20)12-6-8-13(9-7-12)17(21)19(15-10-11-15)14-4-2-1-3-5-14/h6-9,14-15H,1-5,10-11H2,(H2,18,20). The van der Waals surface area contributed by atoms with Gasteiger partial charge in [-0.1, -0.05) is 19.3 Å². The average molecular weight is 286 g/mol. The number of carbonyl (C=O) groups is 2. The maximum atomic E-state index is 12.8. The third kappa shape index (κ3) is 3.09. The summed E-state index contributed by atoms with van der Waals surface area (Å²) in [4.78, 5) is 26.0. The highest BCUT2D eigenvalue weighted by Crippen LogP contribution is 2.34. The van der Waals surface area contributed by atoms with Crippen molar-refractivity contribution in [2.24, 2.45) is 5.73 Å². The number of carbonyl (C=O) groups excluding carboxylic acids is 2. The molecule has 0 unspecified atom stereocenters. The van der Waals surface area contributed by atoms with Crippen molar-refractivity contribution < 1.29 is 9.59 Å². The zero-order valence-corrected chi connectivity index (χ0v) is 12.3. The van der Waals surface area contributed by atoms with Crippen molar-refractivity contribution in [3.05, 3.63) is 35.4 Å². The first-order valence-electron chi connectivity index (χ1n) is 7.89. The van der Waals surface area contributed by atoms with Gasteiger partial charge in [0.1, 0.15) is 0 Å². The largest absolute Gasteiger partial charge is 0.366 e. The van der Waals surface area contributed by atoms with E-state index in [1.165, 1.54) is 19.3 Å². The van der Waals surface area contributed by atoms with Gasteiger partial charge in [-0.3, -0.25) is 9.59 Å². The molecule has 2 aliphatic rings. The lowest BCUT2D eigenvalue weighted by molar-refractivity contribution is 0.0613. The van der Waals surface area contributed by atoms with Crippen LogP contribution in [0, 0.1) is 0 Å². The summed E-state index contributed by atoms with van der Waals surface area (Å²) < 4.78 is 0. The summed E-state index contributed by atoms with van der Waals surface area (Å²) in [5.41, 5.74) is 6.35. The molecule has 2 amide bonds. The van der Waals surface area contributed by atoms with Gasteiger partial charge in [0.05, 0.1) is 0 Å². The van der Waals surface area contributed by atoms with E-state index in [0.29, 0.717) is 23.2 Å². The fourth-order valence-electron chi connectivity index (χ4n) is 3.27. The Hall–Kier alpha value is -1.84. The highest BCUT2D eigenvalue weighted by molar-refractivity contribution is 5.97. The van der Waals surface area contributed by atoms with Gasteiger partial charge in [-0.2, -0.15) is 0 Å². The van der Waals surface area contributed by atoms with Gasteiger partial charge in [0.25, 0.3) is 5.91 Å². The Kier molecular flexibility index (Phi) is 3.95. The van der Waals surface area contributed by atoms with Gasteiger partial charge < -0.3 is 10.6 Å². The van der Waals surface area contributed by atoms with Crippen LogP contribution in [0.3, 0.4) is 0 Å². The van der Waals surface area contributed by atoms with E-state index < -0.39 is 5.91 Å². The molecule has 2 aliphatic carbocycles. The van der Waals surface area contributed by atoms with Gasteiger partial charge in [-0.25, -0.2) is 0 Å². The van der Waals surface area contributed by atoms with Gasteiger partial charge >= 0.3 is 0 Å². The highest BCUT2D eigenvalue weighted by atomic mass is 16.2. The van der Waals surface area contributed by atoms with E-state index in [4.69, 9.17) is 5.73 Å². The molecule has 0 aliphatic heterocycles. The first-order valence-corrected chi connectivity index (χ1v) is 7.89. The van der Waals surface area contributed by atoms with Crippen LogP contribution in [-0.4, -0.2) is 28.8 Å². The van der Waals surface area contributed by atoms with Gasteiger partial charge in [-0.15, -0.1) is 0 Å². The van der Waals surface area contributed by atoms with Crippen molar-refractivity contribution in [1.29, 1.82) is 0 Å². The smallest absolute Gasteiger partial charge is 0.254 e. The lowest BCUT2D eigenvalue weighted by atomic mass is 9.93. The summed E-state index contributed by atoms with van der Waals surface area (Å²) >= 11 is 0. The number of amides is 2. The van der Waals surface area contributed by atoms with E-state index in [2.05, 4.69) is 4.90 Å². The minimum atomic E-state index is -0.458. The molecule has 21 heavy (non-hydrogen) atoms. The quantitative estimate of drug-likeness (QED) is 0.925. The number of nitrogens with two attached hydrogens (primary N) is 1. The summed E-state index contributed by atoms with van der Waals surface area (Å²) in [5, 5.41) is 0. The molecule has 0 saturated heterocycles. The van der Waals surface area contributed by atoms with Gasteiger partial charge in [0, 0.05) is 23.2 Å². The number of benzene rings is 1. The van der Waals surface area contributed by atoms with E-state index in [-0.39, 0.29) is 5.91 Å². The number of nitrogens with zero attached hydrogens (tertiary/aromatic N) is 1. The molecule has 0 spiro atoms. The molecule has 2 N–H and O–H groups in total. The minimum absolute atomic E-state index is 0.112. The van der Waals surface area contributed by atoms with Crippen LogP contribution in [0.15, 0.2) is 24.3 Å². The van der Waals surface area contributed by atoms with Gasteiger partial charge in [-0.05, 0) is 49.9 Å². The molecule has 4 nitrogen and oxygen atoms in total. The maximum absolute atomic E-state index is 12.8. The predicted octanol–water partition coefficient (Wildman–Crippen LogP) is 2.72. The van der Waals surface area contributed by atoms with Crippen LogP contribution in [0.2, 0.25) is 0 Å². The molecular weight excluding hydrogens is 264 g/mol. The van der Waals surface area contributed by atoms with Crippen LogP contribution >= 0.6 is 0 Å². The van der Waals surface area contributed by atoms with Crippen molar-refractivity contribution in [2.45, 2.75) is 57.0 Å². The predicted molar refractivity (Wildman–Crippen MR) is 81.0 cm³/mol. The molecule has 1 aromatic carbocycles. The zero-order valence-electron chi connectivity index (χ0n) is 12.3. The minimum Gasteiger partial charge on any atom is -0.366 e. The molecule has 0 bridgehead atoms. The molecular formula is C17H22N2O2. The Morgan fingerprint density at radius 3 is 1.90 bits per heavy atom. The summed E-state index contributed by atoms with van der Waals surface area (Å²) in [6, 6.07) is 7.55. The Balaban J connectivity index is 1.78. The second-order valence-electron chi connectivity index (χ2n) is 6.18. The molecule has 2 fully saturated rings. The number of rotatable bonds is 4. The molecule has 4 heteroatoms. The van der Waals surface area contributed by atoms with E-state index in [9.17, 15) is 9.59 Å². The molecule has 0 aromatic heterocycles. The fraction of sp³-hybridized carbons (Fsp3) is 0.529. The maximum Gasteiger partial charge on any atom is 0.254 e. The molecule has 2 saturated carbocycles. The topological polar surface area (TPSA) is 63.4 Å². The van der Waals surface area contributed by atoms with Crippen LogP contribution in [0.5, 0.6) is 0 Å². The number of primary amides is 1. The summed E-state index contributed by atoms with van der Waals surface area (Å²) in [6.45, 7) is 0. The van der Waals surface area contributed by atoms with Gasteiger partial charge in [0.15, 0.2) is 0 Å². The lowest BCUT2D eigenvalue weighted by Crippen LogP contribution is -2.43. The van der Waals surface area contributed by atoms with Crippen molar-refractivity contribution in [1.82, 2.24) is 4.90 Å². The Morgan fingerprint density at radius 1 is 0.857 bits per heavy atom. The van der Waals surface area contributed by atoms with Crippen molar-refractivity contribution in [2.75, 3.05) is 0 Å². The second-order valence-corrected chi connectivity index (χ2v) is 6.18. The SMILES string of the molecule is NC(=O)c1ccc(C(=O)N(C2CCCCC2)C2CC2)cc1. The van der Waals surface area contributed by atoms with Crippen molar-refractivity contribution >= 4 is 11.8 Å². The number of hydrogen-bond donors (Lipinski definition) is 1. The van der Waals surface area contributed by atoms with E-state index >= 15 is 0 Å². The molecule has 0 radical (unpaired) electrons. The number of hydrogen-bond acceptors (Lipinski definition) is 2. The van der Waals surface area contributed by atoms with Crippen LogP contribution in [0.4, 0.5) is 0 Å². The zero-order chi connectivity index (χ0) is 14.8. The molecule has 0 atom stereocenters.